The van der Waals surface area contributed by atoms with Crippen LogP contribution in [-0.2, 0) is 0 Å². The van der Waals surface area contributed by atoms with Crippen molar-refractivity contribution in [1.82, 2.24) is 9.80 Å². The first-order valence-electron chi connectivity index (χ1n) is 8.63. The fourth-order valence-corrected chi connectivity index (χ4v) is 2.71. The van der Waals surface area contributed by atoms with Crippen molar-refractivity contribution in [2.75, 3.05) is 46.4 Å². The fourth-order valence-electron chi connectivity index (χ4n) is 2.71. The number of nitrogens with zero attached hydrogens (tertiary/aromatic N) is 2. The lowest BCUT2D eigenvalue weighted by atomic mass is 10.0. The Morgan fingerprint density at radius 3 is 2.57 bits per heavy atom. The van der Waals surface area contributed by atoms with Crippen LogP contribution in [0.15, 0.2) is 18.2 Å². The number of piperazine rings is 1. The highest BCUT2D eigenvalue weighted by Crippen LogP contribution is 2.22. The van der Waals surface area contributed by atoms with Crippen LogP contribution < -0.4 is 4.74 Å². The maximum absolute atomic E-state index is 12.7. The summed E-state index contributed by atoms with van der Waals surface area (Å²) in [5.41, 5.74) is 1.84. The third-order valence-electron chi connectivity index (χ3n) is 4.26. The minimum Gasteiger partial charge on any atom is -0.493 e. The molecule has 1 aromatic carbocycles. The second-order valence-corrected chi connectivity index (χ2v) is 7.02. The van der Waals surface area contributed by atoms with Crippen molar-refractivity contribution < 1.29 is 9.53 Å². The second kappa shape index (κ2) is 8.46. The molecule has 1 fully saturated rings. The number of ether oxygens (including phenoxy) is 1. The monoisotopic (exact) mass is 318 g/mol. The molecule has 1 heterocycles. The van der Waals surface area contributed by atoms with Gasteiger partial charge in [-0.15, -0.1) is 0 Å². The van der Waals surface area contributed by atoms with Gasteiger partial charge in [0.2, 0.25) is 0 Å². The second-order valence-electron chi connectivity index (χ2n) is 7.02. The van der Waals surface area contributed by atoms with E-state index < -0.39 is 0 Å². The van der Waals surface area contributed by atoms with Crippen molar-refractivity contribution in [2.24, 2.45) is 5.92 Å². The lowest BCUT2D eigenvalue weighted by Gasteiger charge is -2.32. The van der Waals surface area contributed by atoms with Crippen molar-refractivity contribution in [2.45, 2.75) is 27.2 Å². The fraction of sp³-hybridized carbons (Fsp3) is 0.632. The molecule has 4 nitrogen and oxygen atoms in total. The average molecular weight is 318 g/mol. The van der Waals surface area contributed by atoms with Crippen LogP contribution in [0.5, 0.6) is 5.75 Å². The summed E-state index contributed by atoms with van der Waals surface area (Å²) in [6, 6.07) is 5.90. The number of hydrogen-bond acceptors (Lipinski definition) is 4. The molecule has 1 aliphatic heterocycles. The van der Waals surface area contributed by atoms with Gasteiger partial charge in [0.15, 0.2) is 5.78 Å². The van der Waals surface area contributed by atoms with E-state index in [4.69, 9.17) is 4.74 Å². The van der Waals surface area contributed by atoms with Crippen molar-refractivity contribution in [3.8, 4) is 5.75 Å². The summed E-state index contributed by atoms with van der Waals surface area (Å²) >= 11 is 0. The third-order valence-corrected chi connectivity index (χ3v) is 4.26. The SMILES string of the molecule is Cc1ccc(OCC(C)C)c(C(=O)CCN2CCN(C)CC2)c1. The summed E-state index contributed by atoms with van der Waals surface area (Å²) in [5.74, 6) is 1.36. The predicted molar refractivity (Wildman–Crippen MR) is 94.4 cm³/mol. The molecule has 0 spiro atoms. The zero-order chi connectivity index (χ0) is 16.8. The van der Waals surface area contributed by atoms with Crippen LogP contribution in [0.2, 0.25) is 0 Å². The van der Waals surface area contributed by atoms with Gasteiger partial charge < -0.3 is 14.5 Å². The normalized spacial score (nSPS) is 16.7. The third kappa shape index (κ3) is 5.63. The molecule has 1 saturated heterocycles. The molecular formula is C19H30N2O2. The Labute approximate surface area is 140 Å². The Kier molecular flexibility index (Phi) is 6.60. The minimum absolute atomic E-state index is 0.186. The Bertz CT molecular complexity index is 520. The van der Waals surface area contributed by atoms with Gasteiger partial charge in [0.05, 0.1) is 12.2 Å². The lowest BCUT2D eigenvalue weighted by molar-refractivity contribution is 0.0937. The van der Waals surface area contributed by atoms with E-state index in [2.05, 4.69) is 30.7 Å². The lowest BCUT2D eigenvalue weighted by Crippen LogP contribution is -2.45. The summed E-state index contributed by atoms with van der Waals surface area (Å²) < 4.78 is 5.84. The van der Waals surface area contributed by atoms with Crippen LogP contribution in [0.3, 0.4) is 0 Å². The van der Waals surface area contributed by atoms with Gasteiger partial charge in [-0.2, -0.15) is 0 Å². The van der Waals surface area contributed by atoms with E-state index in [9.17, 15) is 4.79 Å². The molecule has 0 N–H and O–H groups in total. The molecule has 128 valence electrons. The van der Waals surface area contributed by atoms with Gasteiger partial charge in [-0.3, -0.25) is 4.79 Å². The number of hydrogen-bond donors (Lipinski definition) is 0. The number of benzene rings is 1. The van der Waals surface area contributed by atoms with Crippen LogP contribution in [-0.4, -0.2) is 62.0 Å². The van der Waals surface area contributed by atoms with Crippen LogP contribution in [0.4, 0.5) is 0 Å². The minimum atomic E-state index is 0.186. The van der Waals surface area contributed by atoms with E-state index in [0.29, 0.717) is 18.9 Å². The Hall–Kier alpha value is -1.39. The maximum Gasteiger partial charge on any atom is 0.167 e. The van der Waals surface area contributed by atoms with E-state index in [1.807, 2.05) is 25.1 Å². The molecule has 1 aromatic rings. The van der Waals surface area contributed by atoms with Crippen LogP contribution >= 0.6 is 0 Å². The quantitative estimate of drug-likeness (QED) is 0.724. The molecular weight excluding hydrogens is 288 g/mol. The summed E-state index contributed by atoms with van der Waals surface area (Å²) in [4.78, 5) is 17.4. The number of carbonyl (C=O) groups excluding carboxylic acids is 1. The number of aryl methyl sites for hydroxylation is 1. The van der Waals surface area contributed by atoms with E-state index in [0.717, 1.165) is 49.6 Å². The average Bonchev–Trinajstić information content (AvgIpc) is 2.52. The number of carbonyl (C=O) groups is 1. The summed E-state index contributed by atoms with van der Waals surface area (Å²) in [6.45, 7) is 12.0. The first kappa shape index (κ1) is 18.0. The molecule has 2 rings (SSSR count). The molecule has 0 amide bonds. The molecule has 0 aliphatic carbocycles. The molecule has 1 aliphatic rings. The van der Waals surface area contributed by atoms with Gasteiger partial charge in [-0.1, -0.05) is 25.5 Å². The Morgan fingerprint density at radius 1 is 1.22 bits per heavy atom. The van der Waals surface area contributed by atoms with E-state index >= 15 is 0 Å². The highest BCUT2D eigenvalue weighted by atomic mass is 16.5. The molecule has 0 aromatic heterocycles. The Balaban J connectivity index is 1.96. The number of likely N-dealkylation sites (N-methyl/N-ethyl adjacent to an activating group) is 1. The maximum atomic E-state index is 12.7. The first-order chi connectivity index (χ1) is 11.0. The predicted octanol–water partition coefficient (Wildman–Crippen LogP) is 2.85. The molecule has 0 unspecified atom stereocenters. The van der Waals surface area contributed by atoms with E-state index in [1.54, 1.807) is 0 Å². The van der Waals surface area contributed by atoms with Crippen molar-refractivity contribution in [3.63, 3.8) is 0 Å². The molecule has 0 saturated carbocycles. The topological polar surface area (TPSA) is 32.8 Å². The molecule has 23 heavy (non-hydrogen) atoms. The highest BCUT2D eigenvalue weighted by Gasteiger charge is 2.17. The molecule has 4 heteroatoms. The highest BCUT2D eigenvalue weighted by molar-refractivity contribution is 5.99. The largest absolute Gasteiger partial charge is 0.493 e. The van der Waals surface area contributed by atoms with E-state index in [-0.39, 0.29) is 5.78 Å². The van der Waals surface area contributed by atoms with Crippen molar-refractivity contribution in [3.05, 3.63) is 29.3 Å². The molecule has 0 atom stereocenters. The van der Waals surface area contributed by atoms with Gasteiger partial charge in [0.25, 0.3) is 0 Å². The number of Topliss-reactive ketones (excluding diaryl/α,β-unsaturated/α-hetero) is 1. The smallest absolute Gasteiger partial charge is 0.167 e. The van der Waals surface area contributed by atoms with Gasteiger partial charge >= 0.3 is 0 Å². The summed E-state index contributed by atoms with van der Waals surface area (Å²) in [7, 11) is 2.15. The zero-order valence-corrected chi connectivity index (χ0v) is 15.0. The Morgan fingerprint density at radius 2 is 1.91 bits per heavy atom. The summed E-state index contributed by atoms with van der Waals surface area (Å²) in [6.07, 6.45) is 0.561. The van der Waals surface area contributed by atoms with Gasteiger partial charge in [0, 0.05) is 39.1 Å². The van der Waals surface area contributed by atoms with E-state index in [1.165, 1.54) is 0 Å². The van der Waals surface area contributed by atoms with Crippen LogP contribution in [0.1, 0.15) is 36.2 Å². The first-order valence-corrected chi connectivity index (χ1v) is 8.63. The standard InChI is InChI=1S/C19H30N2O2/c1-15(2)14-23-19-6-5-16(3)13-17(19)18(22)7-8-21-11-9-20(4)10-12-21/h5-6,13,15H,7-12,14H2,1-4H3. The number of ketones is 1. The van der Waals surface area contributed by atoms with Gasteiger partial charge in [-0.25, -0.2) is 0 Å². The molecule has 0 radical (unpaired) electrons. The molecule has 0 bridgehead atoms. The van der Waals surface area contributed by atoms with Crippen molar-refractivity contribution >= 4 is 5.78 Å². The van der Waals surface area contributed by atoms with Crippen LogP contribution in [0.25, 0.3) is 0 Å². The van der Waals surface area contributed by atoms with Gasteiger partial charge in [0.1, 0.15) is 5.75 Å². The number of rotatable bonds is 7. The van der Waals surface area contributed by atoms with Gasteiger partial charge in [-0.05, 0) is 32.0 Å². The zero-order valence-electron chi connectivity index (χ0n) is 15.0. The van der Waals surface area contributed by atoms with Crippen LogP contribution in [0, 0.1) is 12.8 Å². The van der Waals surface area contributed by atoms with Crippen molar-refractivity contribution in [1.29, 1.82) is 0 Å². The summed E-state index contributed by atoms with van der Waals surface area (Å²) in [5, 5.41) is 0.